The Morgan fingerprint density at radius 2 is 2.15 bits per heavy atom. The average molecular weight is 358 g/mol. The second-order valence-electron chi connectivity index (χ2n) is 8.29. The highest BCUT2D eigenvalue weighted by atomic mass is 16.6. The van der Waals surface area contributed by atoms with E-state index in [1.165, 1.54) is 7.11 Å². The van der Waals surface area contributed by atoms with Crippen LogP contribution in [-0.4, -0.2) is 19.0 Å². The van der Waals surface area contributed by atoms with E-state index in [0.717, 1.165) is 36.8 Å². The highest BCUT2D eigenvalue weighted by Crippen LogP contribution is 2.65. The van der Waals surface area contributed by atoms with Gasteiger partial charge in [-0.25, -0.2) is 4.79 Å². The van der Waals surface area contributed by atoms with E-state index in [2.05, 4.69) is 13.8 Å². The van der Waals surface area contributed by atoms with Gasteiger partial charge >= 0.3 is 11.9 Å². The Hall–Kier alpha value is -2.04. The molecule has 1 aliphatic heterocycles. The summed E-state index contributed by atoms with van der Waals surface area (Å²) in [5.74, 6) is -0.0675. The summed E-state index contributed by atoms with van der Waals surface area (Å²) in [6.07, 6.45) is 9.16. The van der Waals surface area contributed by atoms with Crippen LogP contribution in [0.3, 0.4) is 0 Å². The van der Waals surface area contributed by atoms with E-state index in [-0.39, 0.29) is 35.3 Å². The van der Waals surface area contributed by atoms with Crippen molar-refractivity contribution in [1.29, 1.82) is 0 Å². The first-order valence-electron chi connectivity index (χ1n) is 9.45. The van der Waals surface area contributed by atoms with Gasteiger partial charge in [0.25, 0.3) is 0 Å². The van der Waals surface area contributed by atoms with Crippen molar-refractivity contribution in [2.75, 3.05) is 7.11 Å². The summed E-state index contributed by atoms with van der Waals surface area (Å²) in [7, 11) is 1.43. The van der Waals surface area contributed by atoms with Crippen molar-refractivity contribution in [2.45, 2.75) is 52.1 Å². The summed E-state index contributed by atoms with van der Waals surface area (Å²) in [4.78, 5) is 25.6. The number of carbonyl (C=O) groups is 2. The smallest absolute Gasteiger partial charge is 0.333 e. The number of hydrogen-bond donors (Lipinski definition) is 0. The van der Waals surface area contributed by atoms with Crippen LogP contribution in [0.25, 0.3) is 0 Å². The molecule has 0 radical (unpaired) electrons. The minimum absolute atomic E-state index is 0.0854. The molecule has 26 heavy (non-hydrogen) atoms. The largest absolute Gasteiger partial charge is 0.472 e. The molecule has 5 atom stereocenters. The number of allylic oxidation sites excluding steroid dienone is 1. The molecule has 0 unspecified atom stereocenters. The van der Waals surface area contributed by atoms with Crippen molar-refractivity contribution in [3.63, 3.8) is 0 Å². The van der Waals surface area contributed by atoms with Crippen LogP contribution in [0.1, 0.15) is 57.6 Å². The molecule has 2 heterocycles. The van der Waals surface area contributed by atoms with Gasteiger partial charge in [0, 0.05) is 23.0 Å². The first-order chi connectivity index (χ1) is 12.4. The predicted octanol–water partition coefficient (Wildman–Crippen LogP) is 4.20. The van der Waals surface area contributed by atoms with Gasteiger partial charge in [-0.3, -0.25) is 4.79 Å². The summed E-state index contributed by atoms with van der Waals surface area (Å²) < 4.78 is 16.1. The standard InChI is InChI=1S/C21H26O5/c1-13-7-9-20(2)15(18(22)24-3)5-4-6-17(20)21(13)11-16(26-19(21)23)14-8-10-25-12-14/h5,8,10,12-13,16-17H,4,6-7,9,11H2,1-3H3/t13-,16+,17+,20+,21-/m1/s1. The zero-order valence-electron chi connectivity index (χ0n) is 15.6. The second-order valence-corrected chi connectivity index (χ2v) is 8.29. The molecule has 140 valence electrons. The Bertz CT molecular complexity index is 748. The van der Waals surface area contributed by atoms with Gasteiger partial charge in [0.1, 0.15) is 6.10 Å². The van der Waals surface area contributed by atoms with E-state index in [1.54, 1.807) is 12.5 Å². The Kier molecular flexibility index (Phi) is 4.01. The van der Waals surface area contributed by atoms with E-state index >= 15 is 0 Å². The van der Waals surface area contributed by atoms with Crippen LogP contribution in [0.15, 0.2) is 34.7 Å². The SMILES string of the molecule is COC(=O)C1=CCC[C@@H]2[C@@]3(C[C@@H](c4ccoc4)OC3=O)[C@H](C)CC[C@@]12C. The molecule has 4 rings (SSSR count). The highest BCUT2D eigenvalue weighted by Gasteiger charge is 2.65. The van der Waals surface area contributed by atoms with E-state index in [1.807, 2.05) is 12.1 Å². The average Bonchev–Trinajstić information content (AvgIpc) is 3.27. The Morgan fingerprint density at radius 3 is 2.85 bits per heavy atom. The number of esters is 2. The molecule has 1 saturated carbocycles. The highest BCUT2D eigenvalue weighted by molar-refractivity contribution is 5.91. The molecular weight excluding hydrogens is 332 g/mol. The molecule has 5 heteroatoms. The summed E-state index contributed by atoms with van der Waals surface area (Å²) in [6, 6.07) is 1.87. The number of carbonyl (C=O) groups excluding carboxylic acids is 2. The molecule has 0 aromatic carbocycles. The molecule has 1 aromatic heterocycles. The van der Waals surface area contributed by atoms with Crippen LogP contribution in [0.4, 0.5) is 0 Å². The lowest BCUT2D eigenvalue weighted by molar-refractivity contribution is -0.163. The number of ether oxygens (including phenoxy) is 2. The molecule has 2 fully saturated rings. The fourth-order valence-electron chi connectivity index (χ4n) is 5.81. The van der Waals surface area contributed by atoms with Crippen molar-refractivity contribution in [3.05, 3.63) is 35.8 Å². The van der Waals surface area contributed by atoms with Gasteiger partial charge in [-0.1, -0.05) is 19.9 Å². The number of hydrogen-bond acceptors (Lipinski definition) is 5. The van der Waals surface area contributed by atoms with Gasteiger partial charge in [0.2, 0.25) is 0 Å². The molecule has 0 N–H and O–H groups in total. The molecule has 2 aliphatic carbocycles. The summed E-state index contributed by atoms with van der Waals surface area (Å²) in [5, 5.41) is 0. The maximum absolute atomic E-state index is 13.2. The molecule has 1 spiro atoms. The van der Waals surface area contributed by atoms with Gasteiger partial charge in [-0.05, 0) is 43.6 Å². The zero-order valence-corrected chi connectivity index (χ0v) is 15.6. The number of fused-ring (bicyclic) bond motifs is 2. The van der Waals surface area contributed by atoms with E-state index in [0.29, 0.717) is 6.42 Å². The lowest BCUT2D eigenvalue weighted by atomic mass is 9.46. The minimum atomic E-state index is -0.553. The van der Waals surface area contributed by atoms with Crippen molar-refractivity contribution in [1.82, 2.24) is 0 Å². The van der Waals surface area contributed by atoms with Crippen molar-refractivity contribution >= 4 is 11.9 Å². The monoisotopic (exact) mass is 358 g/mol. The molecular formula is C21H26O5. The van der Waals surface area contributed by atoms with E-state index in [9.17, 15) is 9.59 Å². The minimum Gasteiger partial charge on any atom is -0.472 e. The van der Waals surface area contributed by atoms with Gasteiger partial charge in [-0.2, -0.15) is 0 Å². The van der Waals surface area contributed by atoms with Crippen LogP contribution in [0.2, 0.25) is 0 Å². The number of furan rings is 1. The van der Waals surface area contributed by atoms with Crippen LogP contribution >= 0.6 is 0 Å². The molecule has 1 saturated heterocycles. The Morgan fingerprint density at radius 1 is 1.35 bits per heavy atom. The maximum Gasteiger partial charge on any atom is 0.333 e. The molecule has 0 bridgehead atoms. The van der Waals surface area contributed by atoms with Crippen LogP contribution in [-0.2, 0) is 19.1 Å². The fourth-order valence-corrected chi connectivity index (χ4v) is 5.81. The molecule has 1 aromatic rings. The fraction of sp³-hybridized carbons (Fsp3) is 0.619. The first kappa shape index (κ1) is 17.4. The summed E-state index contributed by atoms with van der Waals surface area (Å²) >= 11 is 0. The topological polar surface area (TPSA) is 65.7 Å². The van der Waals surface area contributed by atoms with Crippen molar-refractivity contribution < 1.29 is 23.5 Å². The Labute approximate surface area is 153 Å². The predicted molar refractivity (Wildman–Crippen MR) is 93.9 cm³/mol. The normalized spacial score (nSPS) is 39.3. The lowest BCUT2D eigenvalue weighted by Crippen LogP contribution is -2.54. The third-order valence-corrected chi connectivity index (χ3v) is 7.26. The third kappa shape index (κ3) is 2.22. The van der Waals surface area contributed by atoms with Gasteiger partial charge in [-0.15, -0.1) is 0 Å². The maximum atomic E-state index is 13.2. The number of rotatable bonds is 2. The van der Waals surface area contributed by atoms with Crippen molar-refractivity contribution in [3.8, 4) is 0 Å². The van der Waals surface area contributed by atoms with Gasteiger partial charge in [0.05, 0.1) is 25.1 Å². The van der Waals surface area contributed by atoms with Gasteiger partial charge < -0.3 is 13.9 Å². The number of cyclic esters (lactones) is 1. The van der Waals surface area contributed by atoms with Crippen LogP contribution in [0.5, 0.6) is 0 Å². The Balaban J connectivity index is 1.75. The van der Waals surface area contributed by atoms with E-state index in [4.69, 9.17) is 13.9 Å². The molecule has 0 amide bonds. The first-order valence-corrected chi connectivity index (χ1v) is 9.45. The summed E-state index contributed by atoms with van der Waals surface area (Å²) in [6.45, 7) is 4.29. The summed E-state index contributed by atoms with van der Waals surface area (Å²) in [5.41, 5.74) is 0.751. The molecule has 5 nitrogen and oxygen atoms in total. The second kappa shape index (κ2) is 6.00. The number of methoxy groups -OCH3 is 1. The molecule has 3 aliphatic rings. The van der Waals surface area contributed by atoms with Gasteiger partial charge in [0.15, 0.2) is 0 Å². The van der Waals surface area contributed by atoms with E-state index < -0.39 is 5.41 Å². The zero-order chi connectivity index (χ0) is 18.5. The van der Waals surface area contributed by atoms with Crippen LogP contribution < -0.4 is 0 Å². The third-order valence-electron chi connectivity index (χ3n) is 7.26. The van der Waals surface area contributed by atoms with Crippen molar-refractivity contribution in [2.24, 2.45) is 22.7 Å². The quantitative estimate of drug-likeness (QED) is 0.741. The van der Waals surface area contributed by atoms with Crippen LogP contribution in [0, 0.1) is 22.7 Å². The lowest BCUT2D eigenvalue weighted by Gasteiger charge is -2.55.